The zero-order valence-electron chi connectivity index (χ0n) is 11.2. The van der Waals surface area contributed by atoms with Gasteiger partial charge in [-0.25, -0.2) is 4.39 Å². The second-order valence-corrected chi connectivity index (χ2v) is 4.91. The Labute approximate surface area is 121 Å². The maximum Gasteiger partial charge on any atom is 0.239 e. The molecule has 0 aliphatic carbocycles. The number of hydrogen-bond donors (Lipinski definition) is 2. The van der Waals surface area contributed by atoms with Crippen molar-refractivity contribution in [3.8, 4) is 5.88 Å². The van der Waals surface area contributed by atoms with Crippen LogP contribution >= 0.6 is 11.6 Å². The molecule has 1 aromatic carbocycles. The van der Waals surface area contributed by atoms with E-state index in [-0.39, 0.29) is 11.1 Å². The van der Waals surface area contributed by atoms with Gasteiger partial charge in [0.2, 0.25) is 5.88 Å². The van der Waals surface area contributed by atoms with Crippen LogP contribution in [0.2, 0.25) is 5.02 Å². The van der Waals surface area contributed by atoms with Gasteiger partial charge in [-0.1, -0.05) is 11.6 Å². The van der Waals surface area contributed by atoms with E-state index in [9.17, 15) is 4.39 Å². The lowest BCUT2D eigenvalue weighted by molar-refractivity contribution is 0.234. The van der Waals surface area contributed by atoms with E-state index in [0.29, 0.717) is 23.1 Å². The standard InChI is InChI=1S/C14H15ClFN3O/c1-8(2)20-14-11(17)4-6-13(19-14)18-12-5-3-9(16)7-10(12)15/h3-8H,17H2,1-2H3,(H,18,19). The van der Waals surface area contributed by atoms with Crippen LogP contribution in [0.1, 0.15) is 13.8 Å². The average molecular weight is 296 g/mol. The van der Waals surface area contributed by atoms with Crippen LogP contribution in [0.5, 0.6) is 5.88 Å². The van der Waals surface area contributed by atoms with Gasteiger partial charge in [0.25, 0.3) is 0 Å². The minimum Gasteiger partial charge on any atom is -0.473 e. The third kappa shape index (κ3) is 3.51. The normalized spacial score (nSPS) is 10.7. The molecule has 0 amide bonds. The fourth-order valence-corrected chi connectivity index (χ4v) is 1.78. The van der Waals surface area contributed by atoms with E-state index in [1.54, 1.807) is 18.2 Å². The SMILES string of the molecule is CC(C)Oc1nc(Nc2ccc(F)cc2Cl)ccc1N. The van der Waals surface area contributed by atoms with Gasteiger partial charge in [-0.2, -0.15) is 4.98 Å². The molecule has 2 aromatic rings. The molecule has 0 bridgehead atoms. The number of ether oxygens (including phenoxy) is 1. The molecule has 0 aliphatic heterocycles. The Hall–Kier alpha value is -2.01. The molecule has 4 nitrogen and oxygen atoms in total. The number of nitrogens with one attached hydrogen (secondary N) is 1. The minimum atomic E-state index is -0.394. The van der Waals surface area contributed by atoms with Crippen molar-refractivity contribution in [3.63, 3.8) is 0 Å². The number of aromatic nitrogens is 1. The third-order valence-corrected chi connectivity index (χ3v) is 2.74. The van der Waals surface area contributed by atoms with Crippen molar-refractivity contribution in [1.82, 2.24) is 4.98 Å². The molecule has 0 fully saturated rings. The number of benzene rings is 1. The number of nitrogens with zero attached hydrogens (tertiary/aromatic N) is 1. The van der Waals surface area contributed by atoms with Crippen molar-refractivity contribution in [2.75, 3.05) is 11.1 Å². The molecule has 6 heteroatoms. The number of halogens is 2. The quantitative estimate of drug-likeness (QED) is 0.895. The average Bonchev–Trinajstić information content (AvgIpc) is 2.36. The van der Waals surface area contributed by atoms with E-state index in [0.717, 1.165) is 0 Å². The lowest BCUT2D eigenvalue weighted by atomic mass is 10.3. The summed E-state index contributed by atoms with van der Waals surface area (Å²) in [5, 5.41) is 3.27. The smallest absolute Gasteiger partial charge is 0.239 e. The van der Waals surface area contributed by atoms with Crippen LogP contribution in [0.4, 0.5) is 21.6 Å². The monoisotopic (exact) mass is 295 g/mol. The summed E-state index contributed by atoms with van der Waals surface area (Å²) in [6.07, 6.45) is -0.0329. The highest BCUT2D eigenvalue weighted by molar-refractivity contribution is 6.33. The molecule has 0 saturated carbocycles. The largest absolute Gasteiger partial charge is 0.473 e. The van der Waals surface area contributed by atoms with Crippen LogP contribution in [0.25, 0.3) is 0 Å². The predicted molar refractivity (Wildman–Crippen MR) is 79.1 cm³/mol. The number of hydrogen-bond acceptors (Lipinski definition) is 4. The zero-order valence-corrected chi connectivity index (χ0v) is 11.9. The maximum atomic E-state index is 13.0. The van der Waals surface area contributed by atoms with Crippen LogP contribution in [0.15, 0.2) is 30.3 Å². The number of nitrogen functional groups attached to an aromatic ring is 1. The van der Waals surface area contributed by atoms with E-state index in [1.807, 2.05) is 13.8 Å². The van der Waals surface area contributed by atoms with Gasteiger partial charge in [-0.05, 0) is 44.2 Å². The molecule has 0 saturated heterocycles. The minimum absolute atomic E-state index is 0.0329. The van der Waals surface area contributed by atoms with Gasteiger partial charge in [-0.15, -0.1) is 0 Å². The molecule has 1 heterocycles. The summed E-state index contributed by atoms with van der Waals surface area (Å²) in [7, 11) is 0. The molecule has 20 heavy (non-hydrogen) atoms. The first-order valence-electron chi connectivity index (χ1n) is 6.11. The zero-order chi connectivity index (χ0) is 14.7. The van der Waals surface area contributed by atoms with Crippen molar-refractivity contribution in [2.24, 2.45) is 0 Å². The van der Waals surface area contributed by atoms with E-state index in [1.165, 1.54) is 12.1 Å². The Morgan fingerprint density at radius 1 is 1.30 bits per heavy atom. The molecular formula is C14H15ClFN3O. The molecule has 0 spiro atoms. The lowest BCUT2D eigenvalue weighted by Crippen LogP contribution is -2.09. The number of pyridine rings is 1. The van der Waals surface area contributed by atoms with Crippen molar-refractivity contribution in [1.29, 1.82) is 0 Å². The van der Waals surface area contributed by atoms with Gasteiger partial charge in [-0.3, -0.25) is 0 Å². The first-order valence-corrected chi connectivity index (χ1v) is 6.49. The Morgan fingerprint density at radius 3 is 2.70 bits per heavy atom. The summed E-state index contributed by atoms with van der Waals surface area (Å²) in [5.74, 6) is 0.473. The molecular weight excluding hydrogens is 281 g/mol. The summed E-state index contributed by atoms with van der Waals surface area (Å²) < 4.78 is 18.5. The number of nitrogens with two attached hydrogens (primary N) is 1. The lowest BCUT2D eigenvalue weighted by Gasteiger charge is -2.13. The van der Waals surface area contributed by atoms with Crippen molar-refractivity contribution in [3.05, 3.63) is 41.2 Å². The van der Waals surface area contributed by atoms with E-state index in [2.05, 4.69) is 10.3 Å². The van der Waals surface area contributed by atoms with Gasteiger partial charge in [0.05, 0.1) is 22.5 Å². The van der Waals surface area contributed by atoms with Gasteiger partial charge in [0.15, 0.2) is 0 Å². The van der Waals surface area contributed by atoms with E-state index in [4.69, 9.17) is 22.1 Å². The molecule has 3 N–H and O–H groups in total. The first kappa shape index (κ1) is 14.4. The first-order chi connectivity index (χ1) is 9.45. The van der Waals surface area contributed by atoms with Crippen molar-refractivity contribution < 1.29 is 9.13 Å². The molecule has 106 valence electrons. The Balaban J connectivity index is 2.25. The Morgan fingerprint density at radius 2 is 2.05 bits per heavy atom. The van der Waals surface area contributed by atoms with Crippen LogP contribution < -0.4 is 15.8 Å². The molecule has 0 aliphatic rings. The van der Waals surface area contributed by atoms with Gasteiger partial charge < -0.3 is 15.8 Å². The number of anilines is 3. The predicted octanol–water partition coefficient (Wildman–Crippen LogP) is 3.99. The van der Waals surface area contributed by atoms with E-state index < -0.39 is 5.82 Å². The second kappa shape index (κ2) is 5.96. The summed E-state index contributed by atoms with van der Waals surface area (Å²) >= 11 is 5.95. The fraction of sp³-hybridized carbons (Fsp3) is 0.214. The molecule has 0 radical (unpaired) electrons. The van der Waals surface area contributed by atoms with Crippen LogP contribution in [-0.4, -0.2) is 11.1 Å². The summed E-state index contributed by atoms with van der Waals surface area (Å²) in [5.41, 5.74) is 6.80. The van der Waals surface area contributed by atoms with Crippen molar-refractivity contribution in [2.45, 2.75) is 20.0 Å². The highest BCUT2D eigenvalue weighted by atomic mass is 35.5. The van der Waals surface area contributed by atoms with Crippen LogP contribution in [0, 0.1) is 5.82 Å². The van der Waals surface area contributed by atoms with E-state index >= 15 is 0 Å². The Bertz CT molecular complexity index is 619. The topological polar surface area (TPSA) is 60.2 Å². The second-order valence-electron chi connectivity index (χ2n) is 4.51. The molecule has 2 rings (SSSR count). The highest BCUT2D eigenvalue weighted by Gasteiger charge is 2.08. The van der Waals surface area contributed by atoms with Gasteiger partial charge >= 0.3 is 0 Å². The third-order valence-electron chi connectivity index (χ3n) is 2.43. The number of rotatable bonds is 4. The van der Waals surface area contributed by atoms with Gasteiger partial charge in [0, 0.05) is 0 Å². The maximum absolute atomic E-state index is 13.0. The summed E-state index contributed by atoms with van der Waals surface area (Å²) in [4.78, 5) is 4.26. The van der Waals surface area contributed by atoms with Gasteiger partial charge in [0.1, 0.15) is 11.6 Å². The molecule has 0 unspecified atom stereocenters. The fourth-order valence-electron chi connectivity index (χ4n) is 1.57. The van der Waals surface area contributed by atoms with Crippen LogP contribution in [-0.2, 0) is 0 Å². The van der Waals surface area contributed by atoms with Crippen molar-refractivity contribution >= 4 is 28.8 Å². The summed E-state index contributed by atoms with van der Waals surface area (Å²) in [6, 6.07) is 7.47. The Kier molecular flexibility index (Phi) is 4.29. The molecule has 1 aromatic heterocycles. The highest BCUT2D eigenvalue weighted by Crippen LogP contribution is 2.28. The molecule has 0 atom stereocenters. The summed E-state index contributed by atoms with van der Waals surface area (Å²) in [6.45, 7) is 3.77. The van der Waals surface area contributed by atoms with Crippen LogP contribution in [0.3, 0.4) is 0 Å².